The van der Waals surface area contributed by atoms with Gasteiger partial charge < -0.3 is 66.4 Å². The van der Waals surface area contributed by atoms with Crippen molar-refractivity contribution >= 4 is 11.9 Å². The number of nitrogens with zero attached hydrogens (tertiary/aromatic N) is 2. The first-order chi connectivity index (χ1) is 11.2. The molecule has 0 unspecified atom stereocenters. The highest BCUT2D eigenvalue weighted by Crippen LogP contribution is 2.03. The predicted octanol–water partition coefficient (Wildman–Crippen LogP) is -4.17. The van der Waals surface area contributed by atoms with Gasteiger partial charge in [-0.1, -0.05) is 0 Å². The van der Waals surface area contributed by atoms with Crippen molar-refractivity contribution in [3.05, 3.63) is 0 Å². The molecular weight excluding hydrogens is 562 g/mol. The Bertz CT molecular complexity index is 351. The van der Waals surface area contributed by atoms with Gasteiger partial charge in [0.25, 0.3) is 0 Å². The molecule has 0 rings (SSSR count). The van der Waals surface area contributed by atoms with Crippen LogP contribution in [0.25, 0.3) is 0 Å². The number of likely N-dealkylation sites (N-methyl/N-ethyl adjacent to an activating group) is 2. The van der Waals surface area contributed by atoms with E-state index in [-0.39, 0.29) is 72.7 Å². The van der Waals surface area contributed by atoms with E-state index in [0.717, 1.165) is 48.2 Å². The Morgan fingerprint density at radius 1 is 0.654 bits per heavy atom. The lowest BCUT2D eigenvalue weighted by atomic mass is 10.3. The van der Waals surface area contributed by atoms with Crippen molar-refractivity contribution in [2.75, 3.05) is 66.6 Å². The molecule has 0 saturated carbocycles. The minimum Gasteiger partial charge on any atom is -1.00 e. The number of carbonyl (C=O) groups excluding carboxylic acids is 2. The second-order valence-electron chi connectivity index (χ2n) is 6.89. The average Bonchev–Trinajstić information content (AvgIpc) is 2.59. The number of quaternary nitrogens is 2. The third-order valence-corrected chi connectivity index (χ3v) is 5.38. The summed E-state index contributed by atoms with van der Waals surface area (Å²) in [7, 11) is 4.29. The number of hydrogen-bond acceptors (Lipinski definition) is 4. The molecule has 0 aromatic heterocycles. The first kappa shape index (κ1) is 31.0. The van der Waals surface area contributed by atoms with Crippen LogP contribution in [0.3, 0.4) is 0 Å². The van der Waals surface area contributed by atoms with E-state index in [1.807, 2.05) is 0 Å². The molecule has 0 atom stereocenters. The summed E-state index contributed by atoms with van der Waals surface area (Å²) in [5, 5.41) is 0. The highest BCUT2D eigenvalue weighted by molar-refractivity contribution is 5.77. The van der Waals surface area contributed by atoms with Gasteiger partial charge in [0.2, 0.25) is 0 Å². The van der Waals surface area contributed by atoms with Crippen LogP contribution in [0.15, 0.2) is 0 Å². The van der Waals surface area contributed by atoms with Crippen molar-refractivity contribution in [1.29, 1.82) is 0 Å². The summed E-state index contributed by atoms with van der Waals surface area (Å²) in [6.07, 6.45) is 0.183. The second-order valence-corrected chi connectivity index (χ2v) is 6.89. The first-order valence-electron chi connectivity index (χ1n) is 9.22. The standard InChI is InChI=1S/C18H38N2O4.2HI/c1-7-19(5,8-2)13-15-23-17(21)11-12-18(22)24-16-14-20(6,9-3)10-4;;/h7-16H2,1-6H3;2*1H/q+2;;/p-2. The normalized spacial score (nSPS) is 11.2. The lowest BCUT2D eigenvalue weighted by Gasteiger charge is -2.31. The molecule has 8 heteroatoms. The molecule has 158 valence electrons. The number of rotatable bonds is 13. The summed E-state index contributed by atoms with van der Waals surface area (Å²) in [5.74, 6) is -0.651. The SMILES string of the molecule is CC[N+](C)(CC)CCOC(=O)CCC(=O)OCC[N+](C)(CC)CC.[I-].[I-]. The van der Waals surface area contributed by atoms with Gasteiger partial charge in [0.15, 0.2) is 0 Å². The summed E-state index contributed by atoms with van der Waals surface area (Å²) >= 11 is 0. The molecular formula is C18H38I2N2O4. The van der Waals surface area contributed by atoms with E-state index >= 15 is 0 Å². The van der Waals surface area contributed by atoms with Gasteiger partial charge in [-0.05, 0) is 27.7 Å². The second kappa shape index (κ2) is 16.3. The van der Waals surface area contributed by atoms with Crippen LogP contribution in [0, 0.1) is 0 Å². The van der Waals surface area contributed by atoms with Crippen molar-refractivity contribution < 1.29 is 76.0 Å². The van der Waals surface area contributed by atoms with E-state index in [1.165, 1.54) is 0 Å². The van der Waals surface area contributed by atoms with Crippen LogP contribution in [0.5, 0.6) is 0 Å². The van der Waals surface area contributed by atoms with Crippen LogP contribution in [0.1, 0.15) is 40.5 Å². The number of ether oxygens (including phenoxy) is 2. The maximum Gasteiger partial charge on any atom is 0.306 e. The van der Waals surface area contributed by atoms with Crippen LogP contribution in [0.4, 0.5) is 0 Å². The molecule has 0 aliphatic heterocycles. The van der Waals surface area contributed by atoms with Gasteiger partial charge in [0.05, 0.1) is 53.1 Å². The van der Waals surface area contributed by atoms with E-state index in [4.69, 9.17) is 9.47 Å². The van der Waals surface area contributed by atoms with Gasteiger partial charge >= 0.3 is 11.9 Å². The Labute approximate surface area is 194 Å². The van der Waals surface area contributed by atoms with E-state index < -0.39 is 0 Å². The van der Waals surface area contributed by atoms with Gasteiger partial charge in [-0.25, -0.2) is 0 Å². The molecule has 0 bridgehead atoms. The fraction of sp³-hybridized carbons (Fsp3) is 0.889. The molecule has 6 nitrogen and oxygen atoms in total. The molecule has 0 aliphatic carbocycles. The van der Waals surface area contributed by atoms with Gasteiger partial charge in [0, 0.05) is 0 Å². The van der Waals surface area contributed by atoms with E-state index in [2.05, 4.69) is 41.8 Å². The minimum absolute atomic E-state index is 0. The summed E-state index contributed by atoms with van der Waals surface area (Å²) < 4.78 is 12.2. The maximum absolute atomic E-state index is 11.7. The van der Waals surface area contributed by atoms with Crippen LogP contribution in [-0.2, 0) is 19.1 Å². The van der Waals surface area contributed by atoms with Crippen molar-refractivity contribution in [2.45, 2.75) is 40.5 Å². The molecule has 0 amide bonds. The zero-order valence-electron chi connectivity index (χ0n) is 17.4. The molecule has 0 saturated heterocycles. The molecule has 0 spiro atoms. The Hall–Kier alpha value is 0.320. The van der Waals surface area contributed by atoms with E-state index in [9.17, 15) is 9.59 Å². The zero-order chi connectivity index (χ0) is 18.6. The molecule has 0 aliphatic rings. The van der Waals surface area contributed by atoms with Crippen molar-refractivity contribution in [3.8, 4) is 0 Å². The van der Waals surface area contributed by atoms with Crippen LogP contribution >= 0.6 is 0 Å². The third kappa shape index (κ3) is 13.5. The third-order valence-electron chi connectivity index (χ3n) is 5.38. The molecule has 0 heterocycles. The van der Waals surface area contributed by atoms with Gasteiger partial charge in [-0.2, -0.15) is 0 Å². The molecule has 0 radical (unpaired) electrons. The maximum atomic E-state index is 11.7. The number of carbonyl (C=O) groups is 2. The summed E-state index contributed by atoms with van der Waals surface area (Å²) in [6, 6.07) is 0. The molecule has 0 fully saturated rings. The van der Waals surface area contributed by atoms with Crippen LogP contribution in [0.2, 0.25) is 0 Å². The van der Waals surface area contributed by atoms with Gasteiger partial charge in [-0.3, -0.25) is 9.59 Å². The Morgan fingerprint density at radius 2 is 0.923 bits per heavy atom. The Kier molecular flexibility index (Phi) is 19.4. The quantitative estimate of drug-likeness (QED) is 0.123. The number of halogens is 2. The zero-order valence-corrected chi connectivity index (χ0v) is 21.7. The largest absolute Gasteiger partial charge is 1.00 e. The van der Waals surface area contributed by atoms with Gasteiger partial charge in [0.1, 0.15) is 26.3 Å². The average molecular weight is 600 g/mol. The monoisotopic (exact) mass is 600 g/mol. The highest BCUT2D eigenvalue weighted by Gasteiger charge is 2.19. The van der Waals surface area contributed by atoms with Crippen molar-refractivity contribution in [1.82, 2.24) is 0 Å². The van der Waals surface area contributed by atoms with E-state index in [0.29, 0.717) is 13.2 Å². The lowest BCUT2D eigenvalue weighted by molar-refractivity contribution is -0.906. The Balaban J connectivity index is -0.00000264. The molecule has 26 heavy (non-hydrogen) atoms. The van der Waals surface area contributed by atoms with E-state index in [1.54, 1.807) is 0 Å². The van der Waals surface area contributed by atoms with Crippen molar-refractivity contribution in [2.24, 2.45) is 0 Å². The molecule has 0 N–H and O–H groups in total. The fourth-order valence-corrected chi connectivity index (χ4v) is 2.19. The molecule has 0 aromatic carbocycles. The number of hydrogen-bond donors (Lipinski definition) is 0. The smallest absolute Gasteiger partial charge is 0.306 e. The van der Waals surface area contributed by atoms with Gasteiger partial charge in [-0.15, -0.1) is 0 Å². The predicted molar refractivity (Wildman–Crippen MR) is 95.4 cm³/mol. The minimum atomic E-state index is -0.326. The lowest BCUT2D eigenvalue weighted by Crippen LogP contribution is -3.00. The summed E-state index contributed by atoms with van der Waals surface area (Å²) in [6.45, 7) is 14.9. The number of esters is 2. The summed E-state index contributed by atoms with van der Waals surface area (Å²) in [4.78, 5) is 23.4. The highest BCUT2D eigenvalue weighted by atomic mass is 127. The molecule has 0 aromatic rings. The van der Waals surface area contributed by atoms with Crippen molar-refractivity contribution in [3.63, 3.8) is 0 Å². The first-order valence-corrected chi connectivity index (χ1v) is 9.22. The van der Waals surface area contributed by atoms with Crippen LogP contribution < -0.4 is 48.0 Å². The van der Waals surface area contributed by atoms with Crippen LogP contribution in [-0.4, -0.2) is 87.5 Å². The topological polar surface area (TPSA) is 52.6 Å². The Morgan fingerprint density at radius 3 is 1.15 bits per heavy atom. The summed E-state index contributed by atoms with van der Waals surface area (Å²) in [5.41, 5.74) is 0. The fourth-order valence-electron chi connectivity index (χ4n) is 2.19.